The zero-order valence-electron chi connectivity index (χ0n) is 11.7. The van der Waals surface area contributed by atoms with Gasteiger partial charge < -0.3 is 10.1 Å². The molecule has 0 spiro atoms. The number of halogens is 1. The third-order valence-corrected chi connectivity index (χ3v) is 3.11. The number of aryl methyl sites for hydroxylation is 1. The minimum absolute atomic E-state index is 0.255. The minimum Gasteiger partial charge on any atom is -0.457 e. The summed E-state index contributed by atoms with van der Waals surface area (Å²) in [4.78, 5) is 0. The molecule has 0 fully saturated rings. The van der Waals surface area contributed by atoms with Crippen LogP contribution in [0.2, 0.25) is 0 Å². The van der Waals surface area contributed by atoms with E-state index in [2.05, 4.69) is 17.4 Å². The molecule has 0 atom stereocenters. The van der Waals surface area contributed by atoms with Gasteiger partial charge in [-0.1, -0.05) is 12.1 Å². The SMILES string of the molecule is CNCCCCc1ccc(Oc2ccc(F)cc2)cc1. The highest BCUT2D eigenvalue weighted by atomic mass is 19.1. The Morgan fingerprint density at radius 1 is 0.900 bits per heavy atom. The Morgan fingerprint density at radius 3 is 2.10 bits per heavy atom. The molecule has 0 aliphatic heterocycles. The normalized spacial score (nSPS) is 10.5. The van der Waals surface area contributed by atoms with Crippen molar-refractivity contribution in [3.63, 3.8) is 0 Å². The van der Waals surface area contributed by atoms with Gasteiger partial charge in [-0.05, 0) is 74.8 Å². The van der Waals surface area contributed by atoms with Crippen molar-refractivity contribution in [2.24, 2.45) is 0 Å². The molecule has 0 aromatic heterocycles. The maximum absolute atomic E-state index is 12.8. The van der Waals surface area contributed by atoms with Gasteiger partial charge in [0, 0.05) is 0 Å². The fraction of sp³-hybridized carbons (Fsp3) is 0.294. The highest BCUT2D eigenvalue weighted by Gasteiger charge is 1.99. The fourth-order valence-corrected chi connectivity index (χ4v) is 1.99. The van der Waals surface area contributed by atoms with E-state index in [1.54, 1.807) is 12.1 Å². The van der Waals surface area contributed by atoms with Crippen molar-refractivity contribution >= 4 is 0 Å². The summed E-state index contributed by atoms with van der Waals surface area (Å²) >= 11 is 0. The van der Waals surface area contributed by atoms with Crippen molar-refractivity contribution < 1.29 is 9.13 Å². The Hall–Kier alpha value is -1.87. The summed E-state index contributed by atoms with van der Waals surface area (Å²) in [6, 6.07) is 14.1. The first-order valence-electron chi connectivity index (χ1n) is 6.95. The summed E-state index contributed by atoms with van der Waals surface area (Å²) in [7, 11) is 1.97. The molecule has 0 radical (unpaired) electrons. The molecule has 20 heavy (non-hydrogen) atoms. The fourth-order valence-electron chi connectivity index (χ4n) is 1.99. The van der Waals surface area contributed by atoms with Gasteiger partial charge in [-0.15, -0.1) is 0 Å². The van der Waals surface area contributed by atoms with E-state index < -0.39 is 0 Å². The molecule has 0 saturated carbocycles. The summed E-state index contributed by atoms with van der Waals surface area (Å²) in [6.45, 7) is 1.06. The lowest BCUT2D eigenvalue weighted by molar-refractivity contribution is 0.480. The van der Waals surface area contributed by atoms with Crippen LogP contribution in [0.1, 0.15) is 18.4 Å². The Bertz CT molecular complexity index is 508. The van der Waals surface area contributed by atoms with Gasteiger partial charge in [-0.2, -0.15) is 0 Å². The van der Waals surface area contributed by atoms with Crippen LogP contribution in [0.15, 0.2) is 48.5 Å². The van der Waals surface area contributed by atoms with Crippen molar-refractivity contribution in [1.82, 2.24) is 5.32 Å². The number of nitrogens with one attached hydrogen (secondary N) is 1. The average Bonchev–Trinajstić information content (AvgIpc) is 2.48. The van der Waals surface area contributed by atoms with Crippen LogP contribution in [0.4, 0.5) is 4.39 Å². The third-order valence-electron chi connectivity index (χ3n) is 3.11. The summed E-state index contributed by atoms with van der Waals surface area (Å²) in [6.07, 6.45) is 3.45. The molecule has 0 amide bonds. The topological polar surface area (TPSA) is 21.3 Å². The lowest BCUT2D eigenvalue weighted by atomic mass is 10.1. The maximum Gasteiger partial charge on any atom is 0.127 e. The molecule has 106 valence electrons. The molecule has 0 saturated heterocycles. The number of unbranched alkanes of at least 4 members (excludes halogenated alkanes) is 1. The third kappa shape index (κ3) is 4.67. The van der Waals surface area contributed by atoms with E-state index in [0.717, 1.165) is 18.7 Å². The maximum atomic E-state index is 12.8. The Balaban J connectivity index is 1.86. The van der Waals surface area contributed by atoms with Crippen molar-refractivity contribution in [3.8, 4) is 11.5 Å². The molecule has 3 heteroatoms. The first-order chi connectivity index (χ1) is 9.78. The Labute approximate surface area is 119 Å². The number of rotatable bonds is 7. The van der Waals surface area contributed by atoms with Gasteiger partial charge in [0.2, 0.25) is 0 Å². The first kappa shape index (κ1) is 14.5. The summed E-state index contributed by atoms with van der Waals surface area (Å²) in [5, 5.41) is 3.15. The van der Waals surface area contributed by atoms with E-state index in [1.165, 1.54) is 30.5 Å². The molecule has 0 aliphatic carbocycles. The quantitative estimate of drug-likeness (QED) is 0.765. The van der Waals surface area contributed by atoms with Crippen LogP contribution < -0.4 is 10.1 Å². The number of hydrogen-bond acceptors (Lipinski definition) is 2. The summed E-state index contributed by atoms with van der Waals surface area (Å²) in [5.41, 5.74) is 1.31. The van der Waals surface area contributed by atoms with Crippen LogP contribution >= 0.6 is 0 Å². The zero-order chi connectivity index (χ0) is 14.2. The van der Waals surface area contributed by atoms with Gasteiger partial charge in [0.25, 0.3) is 0 Å². The minimum atomic E-state index is -0.255. The summed E-state index contributed by atoms with van der Waals surface area (Å²) in [5.74, 6) is 1.16. The van der Waals surface area contributed by atoms with Crippen LogP contribution in [0.5, 0.6) is 11.5 Å². The zero-order valence-corrected chi connectivity index (χ0v) is 11.7. The van der Waals surface area contributed by atoms with Gasteiger partial charge in [-0.25, -0.2) is 4.39 Å². The molecular formula is C17H20FNO. The van der Waals surface area contributed by atoms with Crippen LogP contribution in [-0.4, -0.2) is 13.6 Å². The highest BCUT2D eigenvalue weighted by molar-refractivity contribution is 5.33. The van der Waals surface area contributed by atoms with Crippen LogP contribution in [-0.2, 0) is 6.42 Å². The molecular weight excluding hydrogens is 253 g/mol. The number of ether oxygens (including phenoxy) is 1. The van der Waals surface area contributed by atoms with Crippen molar-refractivity contribution in [2.75, 3.05) is 13.6 Å². The molecule has 2 aromatic rings. The molecule has 0 heterocycles. The van der Waals surface area contributed by atoms with Gasteiger partial charge in [0.05, 0.1) is 0 Å². The molecule has 0 aliphatic rings. The van der Waals surface area contributed by atoms with Crippen molar-refractivity contribution in [3.05, 3.63) is 59.9 Å². The number of hydrogen-bond donors (Lipinski definition) is 1. The molecule has 2 aromatic carbocycles. The lowest BCUT2D eigenvalue weighted by Gasteiger charge is -2.07. The van der Waals surface area contributed by atoms with Gasteiger partial charge in [-0.3, -0.25) is 0 Å². The van der Waals surface area contributed by atoms with E-state index in [0.29, 0.717) is 5.75 Å². The monoisotopic (exact) mass is 273 g/mol. The van der Waals surface area contributed by atoms with Crippen molar-refractivity contribution in [2.45, 2.75) is 19.3 Å². The second kappa shape index (κ2) is 7.65. The first-order valence-corrected chi connectivity index (χ1v) is 6.95. The Morgan fingerprint density at radius 2 is 1.50 bits per heavy atom. The standard InChI is InChI=1S/C17H20FNO/c1-19-13-3-2-4-14-5-9-16(10-6-14)20-17-11-7-15(18)8-12-17/h5-12,19H,2-4,13H2,1H3. The predicted octanol–water partition coefficient (Wildman–Crippen LogP) is 4.16. The second-order valence-electron chi connectivity index (χ2n) is 4.76. The van der Waals surface area contributed by atoms with Gasteiger partial charge >= 0.3 is 0 Å². The molecule has 2 nitrogen and oxygen atoms in total. The molecule has 1 N–H and O–H groups in total. The Kier molecular flexibility index (Phi) is 5.56. The van der Waals surface area contributed by atoms with Crippen LogP contribution in [0.3, 0.4) is 0 Å². The smallest absolute Gasteiger partial charge is 0.127 e. The van der Waals surface area contributed by atoms with Crippen LogP contribution in [0.25, 0.3) is 0 Å². The predicted molar refractivity (Wildman–Crippen MR) is 79.8 cm³/mol. The van der Waals surface area contributed by atoms with Crippen LogP contribution in [0, 0.1) is 5.82 Å². The van der Waals surface area contributed by atoms with E-state index in [-0.39, 0.29) is 5.82 Å². The van der Waals surface area contributed by atoms with Gasteiger partial charge in [0.1, 0.15) is 17.3 Å². The highest BCUT2D eigenvalue weighted by Crippen LogP contribution is 2.22. The molecule has 2 rings (SSSR count). The van der Waals surface area contributed by atoms with Gasteiger partial charge in [0.15, 0.2) is 0 Å². The molecule has 0 bridgehead atoms. The van der Waals surface area contributed by atoms with Crippen molar-refractivity contribution in [1.29, 1.82) is 0 Å². The lowest BCUT2D eigenvalue weighted by Crippen LogP contribution is -2.07. The average molecular weight is 273 g/mol. The largest absolute Gasteiger partial charge is 0.457 e. The summed E-state index contributed by atoms with van der Waals surface area (Å²) < 4.78 is 18.4. The molecule has 0 unspecified atom stereocenters. The second-order valence-corrected chi connectivity index (χ2v) is 4.76. The van der Waals surface area contributed by atoms with E-state index in [9.17, 15) is 4.39 Å². The van der Waals surface area contributed by atoms with E-state index in [4.69, 9.17) is 4.74 Å². The van der Waals surface area contributed by atoms with E-state index in [1.807, 2.05) is 19.2 Å². The number of benzene rings is 2. The van der Waals surface area contributed by atoms with E-state index >= 15 is 0 Å².